The predicted molar refractivity (Wildman–Crippen MR) is 119 cm³/mol. The zero-order chi connectivity index (χ0) is 21.4. The fourth-order valence-electron chi connectivity index (χ4n) is 4.93. The van der Waals surface area contributed by atoms with Gasteiger partial charge in [-0.25, -0.2) is 4.79 Å². The van der Waals surface area contributed by atoms with Crippen LogP contribution in [0.15, 0.2) is 42.7 Å². The number of aryl methyl sites for hydroxylation is 1. The number of likely N-dealkylation sites (tertiary alicyclic amines) is 1. The van der Waals surface area contributed by atoms with E-state index in [1.807, 2.05) is 53.4 Å². The number of para-hydroxylation sites is 1. The first-order chi connectivity index (χ1) is 15.0. The maximum absolute atomic E-state index is 13.8. The van der Waals surface area contributed by atoms with Crippen LogP contribution in [0.3, 0.4) is 0 Å². The summed E-state index contributed by atoms with van der Waals surface area (Å²) in [5.74, 6) is 0.879. The molecule has 1 saturated carbocycles. The van der Waals surface area contributed by atoms with E-state index in [1.54, 1.807) is 10.9 Å². The fourth-order valence-corrected chi connectivity index (χ4v) is 4.93. The lowest BCUT2D eigenvalue weighted by Crippen LogP contribution is -2.69. The summed E-state index contributed by atoms with van der Waals surface area (Å²) in [6, 6.07) is 9.42. The highest BCUT2D eigenvalue weighted by atomic mass is 16.2. The monoisotopic (exact) mass is 422 g/mol. The summed E-state index contributed by atoms with van der Waals surface area (Å²) in [4.78, 5) is 32.8. The molecule has 2 aromatic rings. The van der Waals surface area contributed by atoms with Crippen molar-refractivity contribution in [3.8, 4) is 0 Å². The molecule has 8 heteroatoms. The average Bonchev–Trinajstić information content (AvgIpc) is 3.50. The van der Waals surface area contributed by atoms with Crippen LogP contribution < -0.4 is 10.2 Å². The third kappa shape index (κ3) is 3.92. The molecule has 5 rings (SSSR count). The van der Waals surface area contributed by atoms with Gasteiger partial charge >= 0.3 is 6.03 Å². The van der Waals surface area contributed by atoms with E-state index in [0.717, 1.165) is 24.5 Å². The largest absolute Gasteiger partial charge is 0.324 e. The number of nitrogens with zero attached hydrogens (tertiary/aromatic N) is 5. The summed E-state index contributed by atoms with van der Waals surface area (Å²) >= 11 is 0. The molecule has 1 aromatic heterocycles. The Balaban J connectivity index is 1.32. The number of amides is 3. The molecule has 0 unspecified atom stereocenters. The Kier molecular flexibility index (Phi) is 5.17. The summed E-state index contributed by atoms with van der Waals surface area (Å²) in [7, 11) is 1.87. The fraction of sp³-hybridized carbons (Fsp3) is 0.522. The zero-order valence-corrected chi connectivity index (χ0v) is 18.0. The quantitative estimate of drug-likeness (QED) is 0.822. The lowest BCUT2D eigenvalue weighted by molar-refractivity contribution is -0.137. The van der Waals surface area contributed by atoms with Crippen LogP contribution in [-0.4, -0.2) is 69.8 Å². The van der Waals surface area contributed by atoms with Crippen molar-refractivity contribution in [1.29, 1.82) is 0 Å². The van der Waals surface area contributed by atoms with Crippen LogP contribution in [0.1, 0.15) is 25.7 Å². The van der Waals surface area contributed by atoms with Gasteiger partial charge in [0.1, 0.15) is 5.54 Å². The molecule has 3 fully saturated rings. The molecule has 3 aliphatic rings. The van der Waals surface area contributed by atoms with Crippen LogP contribution >= 0.6 is 0 Å². The van der Waals surface area contributed by atoms with Crippen molar-refractivity contribution < 1.29 is 9.59 Å². The maximum atomic E-state index is 13.8. The lowest BCUT2D eigenvalue weighted by Gasteiger charge is -2.52. The van der Waals surface area contributed by atoms with Crippen LogP contribution in [0.4, 0.5) is 16.2 Å². The van der Waals surface area contributed by atoms with Crippen molar-refractivity contribution in [3.63, 3.8) is 0 Å². The van der Waals surface area contributed by atoms with Gasteiger partial charge in [0.2, 0.25) is 5.91 Å². The molecule has 2 aliphatic heterocycles. The van der Waals surface area contributed by atoms with Gasteiger partial charge < -0.3 is 15.1 Å². The molecule has 3 heterocycles. The summed E-state index contributed by atoms with van der Waals surface area (Å²) in [5, 5.41) is 7.23. The Hall–Kier alpha value is -2.87. The van der Waals surface area contributed by atoms with E-state index in [2.05, 4.69) is 15.3 Å². The van der Waals surface area contributed by atoms with Crippen molar-refractivity contribution in [2.45, 2.75) is 31.2 Å². The van der Waals surface area contributed by atoms with Gasteiger partial charge in [-0.05, 0) is 43.7 Å². The van der Waals surface area contributed by atoms with Crippen molar-refractivity contribution in [3.05, 3.63) is 42.7 Å². The molecule has 0 bridgehead atoms. The lowest BCUT2D eigenvalue weighted by atomic mass is 9.82. The van der Waals surface area contributed by atoms with Gasteiger partial charge in [-0.1, -0.05) is 18.2 Å². The Morgan fingerprint density at radius 3 is 2.52 bits per heavy atom. The van der Waals surface area contributed by atoms with Crippen LogP contribution in [0, 0.1) is 5.92 Å². The molecule has 1 aromatic carbocycles. The van der Waals surface area contributed by atoms with Crippen LogP contribution in [0.5, 0.6) is 0 Å². The summed E-state index contributed by atoms with van der Waals surface area (Å²) < 4.78 is 1.74. The van der Waals surface area contributed by atoms with E-state index in [-0.39, 0.29) is 11.9 Å². The van der Waals surface area contributed by atoms with E-state index >= 15 is 0 Å². The van der Waals surface area contributed by atoms with Crippen LogP contribution in [0.2, 0.25) is 0 Å². The minimum absolute atomic E-state index is 0.0952. The van der Waals surface area contributed by atoms with Crippen molar-refractivity contribution in [1.82, 2.24) is 19.6 Å². The summed E-state index contributed by atoms with van der Waals surface area (Å²) in [6.45, 7) is 3.70. The third-order valence-electron chi connectivity index (χ3n) is 6.92. The molecular weight excluding hydrogens is 392 g/mol. The number of piperidine rings is 1. The molecule has 2 saturated heterocycles. The number of hydrogen-bond acceptors (Lipinski definition) is 4. The van der Waals surface area contributed by atoms with Gasteiger partial charge in [0.05, 0.1) is 11.9 Å². The third-order valence-corrected chi connectivity index (χ3v) is 6.92. The Morgan fingerprint density at radius 1 is 1.13 bits per heavy atom. The highest BCUT2D eigenvalue weighted by Gasteiger charge is 2.52. The molecule has 0 atom stereocenters. The van der Waals surface area contributed by atoms with Crippen molar-refractivity contribution in [2.24, 2.45) is 13.0 Å². The zero-order valence-electron chi connectivity index (χ0n) is 18.0. The van der Waals surface area contributed by atoms with Gasteiger partial charge in [-0.3, -0.25) is 14.4 Å². The number of rotatable bonds is 4. The molecular formula is C23H30N6O2. The Labute approximate surface area is 182 Å². The van der Waals surface area contributed by atoms with E-state index < -0.39 is 5.54 Å². The number of nitrogens with one attached hydrogen (secondary N) is 1. The summed E-state index contributed by atoms with van der Waals surface area (Å²) in [5.41, 5.74) is 1.13. The minimum Gasteiger partial charge on any atom is -0.324 e. The first-order valence-electron chi connectivity index (χ1n) is 11.2. The SMILES string of the molecule is Cn1cc(N2CCN(CC3CC3)C3(CCN(C(=O)Nc4ccccc4)CC3)C2=O)cn1. The number of piperazine rings is 1. The highest BCUT2D eigenvalue weighted by molar-refractivity contribution is 6.01. The van der Waals surface area contributed by atoms with E-state index in [4.69, 9.17) is 0 Å². The molecule has 1 N–H and O–H groups in total. The highest BCUT2D eigenvalue weighted by Crippen LogP contribution is 2.39. The Morgan fingerprint density at radius 2 is 1.87 bits per heavy atom. The standard InChI is InChI=1S/C23H30N6O2/c1-26-17-20(15-24-26)29-14-13-28(16-18-7-8-18)23(21(29)30)9-11-27(12-10-23)22(31)25-19-5-3-2-4-6-19/h2-6,15,17-18H,7-14,16H2,1H3,(H,25,31). The topological polar surface area (TPSA) is 73.7 Å². The molecule has 1 aliphatic carbocycles. The smallest absolute Gasteiger partial charge is 0.321 e. The molecule has 8 nitrogen and oxygen atoms in total. The number of carbonyl (C=O) groups is 2. The minimum atomic E-state index is -0.528. The number of aromatic nitrogens is 2. The van der Waals surface area contributed by atoms with E-state index in [1.165, 1.54) is 12.8 Å². The maximum Gasteiger partial charge on any atom is 0.321 e. The second kappa shape index (κ2) is 8.00. The van der Waals surface area contributed by atoms with Crippen molar-refractivity contribution in [2.75, 3.05) is 42.9 Å². The van der Waals surface area contributed by atoms with Gasteiger partial charge in [0, 0.05) is 51.7 Å². The summed E-state index contributed by atoms with van der Waals surface area (Å²) in [6.07, 6.45) is 7.53. The predicted octanol–water partition coefficient (Wildman–Crippen LogP) is 2.55. The molecule has 164 valence electrons. The normalized spacial score (nSPS) is 21.5. The molecule has 3 amide bonds. The molecule has 1 spiro atoms. The van der Waals surface area contributed by atoms with Crippen LogP contribution in [-0.2, 0) is 11.8 Å². The van der Waals surface area contributed by atoms with E-state index in [9.17, 15) is 9.59 Å². The molecule has 0 radical (unpaired) electrons. The first kappa shape index (κ1) is 20.1. The second-order valence-corrected chi connectivity index (χ2v) is 9.03. The molecule has 31 heavy (non-hydrogen) atoms. The van der Waals surface area contributed by atoms with E-state index in [0.29, 0.717) is 38.4 Å². The first-order valence-corrected chi connectivity index (χ1v) is 11.2. The average molecular weight is 423 g/mol. The number of hydrogen-bond donors (Lipinski definition) is 1. The van der Waals surface area contributed by atoms with Crippen LogP contribution in [0.25, 0.3) is 0 Å². The number of anilines is 2. The van der Waals surface area contributed by atoms with Crippen molar-refractivity contribution >= 4 is 23.3 Å². The Bertz CT molecular complexity index is 946. The van der Waals surface area contributed by atoms with Gasteiger partial charge in [0.25, 0.3) is 0 Å². The number of benzene rings is 1. The van der Waals surface area contributed by atoms with Gasteiger partial charge in [-0.2, -0.15) is 5.10 Å². The van der Waals surface area contributed by atoms with Gasteiger partial charge in [-0.15, -0.1) is 0 Å². The number of urea groups is 1. The van der Waals surface area contributed by atoms with Gasteiger partial charge in [0.15, 0.2) is 0 Å². The second-order valence-electron chi connectivity index (χ2n) is 9.03. The number of carbonyl (C=O) groups excluding carboxylic acids is 2.